The van der Waals surface area contributed by atoms with Gasteiger partial charge in [-0.3, -0.25) is 13.3 Å². The predicted octanol–water partition coefficient (Wildman–Crippen LogP) is 3.20. The van der Waals surface area contributed by atoms with Crippen molar-refractivity contribution in [3.8, 4) is 23.1 Å². The Labute approximate surface area is 538 Å². The smallest absolute Gasteiger partial charge is 0.335 e. The Morgan fingerprint density at radius 1 is 0.587 bits per heavy atom. The van der Waals surface area contributed by atoms with Gasteiger partial charge in [-0.25, -0.2) is 9.37 Å². The summed E-state index contributed by atoms with van der Waals surface area (Å²) in [6, 6.07) is 14.4. The molecule has 0 saturated carbocycles. The van der Waals surface area contributed by atoms with Crippen LogP contribution in [-0.2, 0) is 102 Å². The number of aromatic hydroxyl groups is 2. The molecule has 2 aliphatic heterocycles. The SMILES string of the molecule is COCCOCCOCCOCCOCCOCC[N+](CCCS(=O)(=O)O)=c1ccc2c(C=CC=C3N(CCOCCOCCOCCOCCOCCOCCC(=O)On4c(O)ccc4O)c4ccc(S(=O)(=O)OC)cc4C3(C)CCCS(=O)(=O)O)ccoc-2c1. The van der Waals surface area contributed by atoms with Crippen LogP contribution < -0.4 is 19.7 Å². The molecule has 3 aliphatic rings. The van der Waals surface area contributed by atoms with Crippen LogP contribution >= 0.6 is 0 Å². The number of hydrogen-bond donors (Lipinski definition) is 4. The second-order valence-corrected chi connectivity index (χ2v) is 25.4. The van der Waals surface area contributed by atoms with Crippen molar-refractivity contribution in [2.24, 2.45) is 0 Å². The van der Waals surface area contributed by atoms with Gasteiger partial charge in [-0.2, -0.15) is 25.3 Å². The average molecular weight is 1370 g/mol. The van der Waals surface area contributed by atoms with Crippen LogP contribution in [0.1, 0.15) is 43.7 Å². The summed E-state index contributed by atoms with van der Waals surface area (Å²) in [6.07, 6.45) is 7.40. The van der Waals surface area contributed by atoms with Gasteiger partial charge in [0.2, 0.25) is 17.1 Å². The monoisotopic (exact) mass is 1360 g/mol. The molecule has 29 nitrogen and oxygen atoms in total. The highest BCUT2D eigenvalue weighted by atomic mass is 32.2. The summed E-state index contributed by atoms with van der Waals surface area (Å²) >= 11 is 0. The molecular weight excluding hydrogens is 1270 g/mol. The van der Waals surface area contributed by atoms with E-state index < -0.39 is 65.0 Å². The van der Waals surface area contributed by atoms with Gasteiger partial charge in [-0.15, -0.1) is 4.73 Å². The van der Waals surface area contributed by atoms with Crippen molar-refractivity contribution in [2.45, 2.75) is 42.9 Å². The summed E-state index contributed by atoms with van der Waals surface area (Å²) in [4.78, 5) is 18.6. The molecule has 1 aliphatic carbocycles. The highest BCUT2D eigenvalue weighted by Gasteiger charge is 2.44. The first kappa shape index (κ1) is 77.2. The second-order valence-electron chi connectivity index (χ2n) is 20.6. The van der Waals surface area contributed by atoms with E-state index in [2.05, 4.69) is 0 Å². The van der Waals surface area contributed by atoms with Crippen LogP contribution in [0, 0.1) is 0 Å². The van der Waals surface area contributed by atoms with Crippen molar-refractivity contribution >= 4 is 48.1 Å². The molecule has 32 heteroatoms. The number of carbonyl (C=O) groups excluding carboxylic acids is 1. The van der Waals surface area contributed by atoms with Gasteiger partial charge in [0.1, 0.15) is 18.9 Å². The molecule has 1 aromatic carbocycles. The number of hydrogen-bond acceptors (Lipinski definition) is 25. The van der Waals surface area contributed by atoms with E-state index in [0.29, 0.717) is 146 Å². The maximum atomic E-state index is 13.1. The summed E-state index contributed by atoms with van der Waals surface area (Å²) in [5.74, 6) is -1.97. The average Bonchev–Trinajstić information content (AvgIpc) is 1.57. The third-order valence-corrected chi connectivity index (χ3v) is 16.8. The highest BCUT2D eigenvalue weighted by Crippen LogP contribution is 2.51. The number of ether oxygens (including phenoxy) is 12. The normalized spacial score (nSPS) is 15.4. The van der Waals surface area contributed by atoms with Crippen LogP contribution in [-0.4, -0.2) is 253 Å². The van der Waals surface area contributed by atoms with E-state index in [1.807, 2.05) is 52.8 Å². The molecule has 0 bridgehead atoms. The van der Waals surface area contributed by atoms with E-state index in [0.717, 1.165) is 23.6 Å². The second kappa shape index (κ2) is 42.1. The van der Waals surface area contributed by atoms with Gasteiger partial charge >= 0.3 is 5.97 Å². The Balaban J connectivity index is 1.14. The number of aromatic nitrogens is 1. The van der Waals surface area contributed by atoms with Gasteiger partial charge in [0.05, 0.1) is 188 Å². The Morgan fingerprint density at radius 2 is 1.09 bits per heavy atom. The van der Waals surface area contributed by atoms with E-state index in [4.69, 9.17) is 70.3 Å². The third kappa shape index (κ3) is 28.6. The molecule has 1 aromatic heterocycles. The van der Waals surface area contributed by atoms with E-state index in [9.17, 15) is 49.4 Å². The fourth-order valence-corrected chi connectivity index (χ4v) is 11.1. The standard InChI is InChI=1S/C60H89N3O26S3/c1-60(17-5-45-90(67,68)69)53-48-51(92(73,74)76-3)10-12-54(53)62(20-24-79-29-32-83-37-40-87-44-43-85-38-35-81-30-27-77-21-16-59(66)89-63-57(64)13-14-58(63)65)56(60)8-4-7-49-15-22-88-55-47-50(9-11-52(49)55)61(18-6-46-91(70,71)72)19-23-78-28-31-82-36-39-86-42-41-84-34-33-80-26-25-75-2/h4,7-15,22,47-48H,5-6,16-21,23-46H2,1-3H3,(H3-,64,65,67,68,69,70,71,72)/p+1. The van der Waals surface area contributed by atoms with Crippen LogP contribution in [0.5, 0.6) is 11.8 Å². The zero-order valence-electron chi connectivity index (χ0n) is 52.5. The molecule has 1 atom stereocenters. The van der Waals surface area contributed by atoms with Gasteiger partial charge in [0.15, 0.2) is 6.54 Å². The lowest BCUT2D eigenvalue weighted by molar-refractivity contribution is -0.146. The molecule has 92 heavy (non-hydrogen) atoms. The molecule has 0 spiro atoms. The van der Waals surface area contributed by atoms with E-state index in [-0.39, 0.29) is 83.4 Å². The first-order valence-electron chi connectivity index (χ1n) is 30.0. The van der Waals surface area contributed by atoms with E-state index in [1.54, 1.807) is 19.2 Å². The minimum Gasteiger partial charge on any atom is -0.492 e. The fourth-order valence-electron chi connectivity index (χ4n) is 9.36. The van der Waals surface area contributed by atoms with Crippen molar-refractivity contribution in [3.63, 3.8) is 0 Å². The number of anilines is 1. The number of rotatable bonds is 52. The van der Waals surface area contributed by atoms with Gasteiger partial charge < -0.3 is 81.2 Å². The lowest BCUT2D eigenvalue weighted by atomic mass is 9.77. The van der Waals surface area contributed by atoms with E-state index in [1.165, 1.54) is 30.5 Å². The first-order chi connectivity index (χ1) is 44.3. The van der Waals surface area contributed by atoms with Crippen molar-refractivity contribution in [2.75, 3.05) is 202 Å². The number of nitrogens with zero attached hydrogens (tertiary/aromatic N) is 3. The Morgan fingerprint density at radius 3 is 1.61 bits per heavy atom. The lowest BCUT2D eigenvalue weighted by Crippen LogP contribution is -2.35. The van der Waals surface area contributed by atoms with Crippen molar-refractivity contribution in [1.29, 1.82) is 0 Å². The topological polar surface area (TPSA) is 354 Å². The van der Waals surface area contributed by atoms with Crippen LogP contribution in [0.2, 0.25) is 0 Å². The maximum absolute atomic E-state index is 13.1. The summed E-state index contributed by atoms with van der Waals surface area (Å²) < 4.78 is 173. The van der Waals surface area contributed by atoms with Gasteiger partial charge in [0, 0.05) is 60.6 Å². The van der Waals surface area contributed by atoms with E-state index >= 15 is 0 Å². The third-order valence-electron chi connectivity index (χ3n) is 13.9. The number of allylic oxidation sites excluding steroid dienone is 3. The molecule has 0 saturated heterocycles. The zero-order valence-corrected chi connectivity index (χ0v) is 54.9. The molecule has 3 heterocycles. The molecule has 1 unspecified atom stereocenters. The van der Waals surface area contributed by atoms with Crippen molar-refractivity contribution in [3.05, 3.63) is 95.2 Å². The Kier molecular flexibility index (Phi) is 35.3. The largest absolute Gasteiger partial charge is 0.492 e. The Bertz CT molecular complexity index is 3230. The summed E-state index contributed by atoms with van der Waals surface area (Å²) in [5.41, 5.74) is 2.47. The predicted molar refractivity (Wildman–Crippen MR) is 334 cm³/mol. The van der Waals surface area contributed by atoms with Gasteiger partial charge in [0.25, 0.3) is 30.4 Å². The van der Waals surface area contributed by atoms with Crippen LogP contribution in [0.15, 0.2) is 88.0 Å². The highest BCUT2D eigenvalue weighted by molar-refractivity contribution is 7.86. The molecule has 518 valence electrons. The minimum absolute atomic E-state index is 0.0355. The quantitative estimate of drug-likeness (QED) is 0.0213. The molecule has 4 N–H and O–H groups in total. The first-order valence-corrected chi connectivity index (χ1v) is 34.7. The Hall–Kier alpha value is -5.47. The van der Waals surface area contributed by atoms with Crippen LogP contribution in [0.4, 0.5) is 5.69 Å². The van der Waals surface area contributed by atoms with Crippen molar-refractivity contribution in [1.82, 2.24) is 9.31 Å². The zero-order chi connectivity index (χ0) is 66.5. The minimum atomic E-state index is -4.34. The maximum Gasteiger partial charge on any atom is 0.335 e. The molecule has 2 aromatic rings. The molecule has 0 radical (unpaired) electrons. The molecular formula is C60H90N3O26S3+. The summed E-state index contributed by atoms with van der Waals surface area (Å²) in [7, 11) is -10.0. The van der Waals surface area contributed by atoms with Crippen LogP contribution in [0.25, 0.3) is 17.4 Å². The van der Waals surface area contributed by atoms with Gasteiger partial charge in [-0.1, -0.05) is 12.2 Å². The molecule has 0 fully saturated rings. The fraction of sp³-hybridized carbons (Fsp3) is 0.600. The molecule has 5 rings (SSSR count). The summed E-state index contributed by atoms with van der Waals surface area (Å²) in [5, 5.41) is 19.8. The number of benzene rings is 2. The van der Waals surface area contributed by atoms with Gasteiger partial charge in [-0.05, 0) is 67.3 Å². The number of carbonyl (C=O) groups is 1. The summed E-state index contributed by atoms with van der Waals surface area (Å²) in [6.45, 7) is 10.6. The number of methoxy groups -OCH3 is 1. The van der Waals surface area contributed by atoms with Crippen LogP contribution in [0.3, 0.4) is 0 Å². The molecule has 0 amide bonds. The lowest BCUT2D eigenvalue weighted by Gasteiger charge is -2.30. The van der Waals surface area contributed by atoms with Crippen molar-refractivity contribution < 1.29 is 120 Å². The number of fused-ring (bicyclic) bond motifs is 2.